The molecule has 0 saturated carbocycles. The minimum atomic E-state index is 1.16. The van der Waals surface area contributed by atoms with Crippen molar-refractivity contribution < 1.29 is 0 Å². The molecule has 0 amide bonds. The lowest BCUT2D eigenvalue weighted by atomic mass is 9.95. The van der Waals surface area contributed by atoms with Crippen molar-refractivity contribution in [1.29, 1.82) is 0 Å². The summed E-state index contributed by atoms with van der Waals surface area (Å²) in [6.45, 7) is 8.92. The number of aryl methyl sites for hydroxylation is 3. The molecular formula is C13H20. The van der Waals surface area contributed by atoms with Gasteiger partial charge in [0.15, 0.2) is 0 Å². The molecule has 13 heavy (non-hydrogen) atoms. The Kier molecular flexibility index (Phi) is 3.53. The van der Waals surface area contributed by atoms with Crippen LogP contribution in [0.1, 0.15) is 42.5 Å². The van der Waals surface area contributed by atoms with Crippen molar-refractivity contribution in [3.05, 3.63) is 34.4 Å². The van der Waals surface area contributed by atoms with Crippen molar-refractivity contribution in [3.8, 4) is 0 Å². The SMILES string of the molecule is CCCc1cc(C)cc(CC)c1C. The summed E-state index contributed by atoms with van der Waals surface area (Å²) in [6, 6.07) is 4.65. The zero-order valence-corrected chi connectivity index (χ0v) is 9.28. The zero-order valence-electron chi connectivity index (χ0n) is 9.28. The Morgan fingerprint density at radius 2 is 1.62 bits per heavy atom. The predicted molar refractivity (Wildman–Crippen MR) is 59.3 cm³/mol. The first-order chi connectivity index (χ1) is 6.19. The van der Waals surface area contributed by atoms with Gasteiger partial charge in [0.1, 0.15) is 0 Å². The highest BCUT2D eigenvalue weighted by Gasteiger charge is 2.02. The Hall–Kier alpha value is -0.780. The lowest BCUT2D eigenvalue weighted by Crippen LogP contribution is -1.95. The highest BCUT2D eigenvalue weighted by molar-refractivity contribution is 5.38. The third kappa shape index (κ3) is 2.33. The first-order valence-electron chi connectivity index (χ1n) is 5.28. The molecule has 0 saturated heterocycles. The van der Waals surface area contributed by atoms with E-state index in [-0.39, 0.29) is 0 Å². The van der Waals surface area contributed by atoms with Crippen LogP contribution in [0.3, 0.4) is 0 Å². The van der Waals surface area contributed by atoms with Gasteiger partial charge in [0.05, 0.1) is 0 Å². The van der Waals surface area contributed by atoms with Gasteiger partial charge in [0, 0.05) is 0 Å². The molecule has 0 unspecified atom stereocenters. The van der Waals surface area contributed by atoms with Gasteiger partial charge >= 0.3 is 0 Å². The van der Waals surface area contributed by atoms with Crippen LogP contribution in [0.2, 0.25) is 0 Å². The van der Waals surface area contributed by atoms with Crippen LogP contribution in [0.25, 0.3) is 0 Å². The average molecular weight is 176 g/mol. The second-order valence-electron chi connectivity index (χ2n) is 3.81. The fourth-order valence-electron chi connectivity index (χ4n) is 1.91. The molecule has 0 aliphatic rings. The normalized spacial score (nSPS) is 10.5. The Morgan fingerprint density at radius 1 is 1.00 bits per heavy atom. The summed E-state index contributed by atoms with van der Waals surface area (Å²) in [4.78, 5) is 0. The minimum absolute atomic E-state index is 1.16. The van der Waals surface area contributed by atoms with Gasteiger partial charge in [-0.2, -0.15) is 0 Å². The molecule has 0 bridgehead atoms. The fraction of sp³-hybridized carbons (Fsp3) is 0.538. The molecule has 1 aromatic rings. The molecule has 0 radical (unpaired) electrons. The summed E-state index contributed by atoms with van der Waals surface area (Å²) in [5, 5.41) is 0. The molecule has 0 heterocycles. The molecule has 0 aromatic heterocycles. The topological polar surface area (TPSA) is 0 Å². The summed E-state index contributed by atoms with van der Waals surface area (Å²) in [7, 11) is 0. The molecule has 0 nitrogen and oxygen atoms in total. The van der Waals surface area contributed by atoms with Crippen LogP contribution in [0, 0.1) is 13.8 Å². The highest BCUT2D eigenvalue weighted by atomic mass is 14.1. The highest BCUT2D eigenvalue weighted by Crippen LogP contribution is 2.18. The second kappa shape index (κ2) is 4.45. The molecule has 0 aliphatic heterocycles. The molecule has 0 fully saturated rings. The van der Waals surface area contributed by atoms with E-state index in [1.54, 1.807) is 5.56 Å². The Labute approximate surface area is 82.0 Å². The van der Waals surface area contributed by atoms with E-state index >= 15 is 0 Å². The van der Waals surface area contributed by atoms with E-state index in [9.17, 15) is 0 Å². The van der Waals surface area contributed by atoms with Crippen molar-refractivity contribution in [1.82, 2.24) is 0 Å². The van der Waals surface area contributed by atoms with Crippen LogP contribution in [0.5, 0.6) is 0 Å². The fourth-order valence-corrected chi connectivity index (χ4v) is 1.91. The van der Waals surface area contributed by atoms with Crippen molar-refractivity contribution in [2.45, 2.75) is 47.0 Å². The lowest BCUT2D eigenvalue weighted by Gasteiger charge is -2.11. The van der Waals surface area contributed by atoms with Crippen molar-refractivity contribution in [2.24, 2.45) is 0 Å². The van der Waals surface area contributed by atoms with Crippen LogP contribution in [0.15, 0.2) is 12.1 Å². The van der Waals surface area contributed by atoms with Gasteiger partial charge in [0.25, 0.3) is 0 Å². The summed E-state index contributed by atoms with van der Waals surface area (Å²) >= 11 is 0. The van der Waals surface area contributed by atoms with Gasteiger partial charge in [-0.25, -0.2) is 0 Å². The molecule has 0 heteroatoms. The average Bonchev–Trinajstić information content (AvgIpc) is 2.11. The van der Waals surface area contributed by atoms with E-state index in [2.05, 4.69) is 39.8 Å². The molecular weight excluding hydrogens is 156 g/mol. The molecule has 0 N–H and O–H groups in total. The first kappa shape index (κ1) is 10.3. The number of rotatable bonds is 3. The largest absolute Gasteiger partial charge is 0.0651 e. The van der Waals surface area contributed by atoms with E-state index in [1.165, 1.54) is 29.5 Å². The van der Waals surface area contributed by atoms with Gasteiger partial charge in [-0.15, -0.1) is 0 Å². The molecule has 0 spiro atoms. The quantitative estimate of drug-likeness (QED) is 0.657. The van der Waals surface area contributed by atoms with Crippen LogP contribution in [0.4, 0.5) is 0 Å². The van der Waals surface area contributed by atoms with E-state index in [1.807, 2.05) is 0 Å². The number of benzene rings is 1. The Balaban J connectivity index is 3.11. The van der Waals surface area contributed by atoms with E-state index in [4.69, 9.17) is 0 Å². The molecule has 0 aliphatic carbocycles. The zero-order chi connectivity index (χ0) is 9.84. The third-order valence-corrected chi connectivity index (χ3v) is 2.67. The third-order valence-electron chi connectivity index (χ3n) is 2.67. The molecule has 1 aromatic carbocycles. The second-order valence-corrected chi connectivity index (χ2v) is 3.81. The molecule has 1 rings (SSSR count). The standard InChI is InChI=1S/C13H20/c1-5-7-13-9-10(3)8-12(6-2)11(13)4/h8-9H,5-7H2,1-4H3. The van der Waals surface area contributed by atoms with Crippen LogP contribution < -0.4 is 0 Å². The van der Waals surface area contributed by atoms with Gasteiger partial charge in [-0.05, 0) is 43.4 Å². The van der Waals surface area contributed by atoms with Gasteiger partial charge in [0.2, 0.25) is 0 Å². The smallest absolute Gasteiger partial charge is 0.0279 e. The molecule has 0 atom stereocenters. The van der Waals surface area contributed by atoms with Crippen LogP contribution >= 0.6 is 0 Å². The van der Waals surface area contributed by atoms with Gasteiger partial charge < -0.3 is 0 Å². The summed E-state index contributed by atoms with van der Waals surface area (Å²) in [5.74, 6) is 0. The minimum Gasteiger partial charge on any atom is -0.0651 e. The lowest BCUT2D eigenvalue weighted by molar-refractivity contribution is 0.902. The van der Waals surface area contributed by atoms with Crippen LogP contribution in [-0.4, -0.2) is 0 Å². The maximum absolute atomic E-state index is 2.33. The Morgan fingerprint density at radius 3 is 2.15 bits per heavy atom. The van der Waals surface area contributed by atoms with Gasteiger partial charge in [-0.3, -0.25) is 0 Å². The van der Waals surface area contributed by atoms with E-state index in [0.29, 0.717) is 0 Å². The first-order valence-corrected chi connectivity index (χ1v) is 5.28. The monoisotopic (exact) mass is 176 g/mol. The maximum atomic E-state index is 2.33. The summed E-state index contributed by atoms with van der Waals surface area (Å²) in [5.41, 5.74) is 5.98. The van der Waals surface area contributed by atoms with E-state index in [0.717, 1.165) is 6.42 Å². The predicted octanol–water partition coefficient (Wildman–Crippen LogP) is 3.82. The summed E-state index contributed by atoms with van der Waals surface area (Å²) < 4.78 is 0. The van der Waals surface area contributed by atoms with Crippen molar-refractivity contribution in [3.63, 3.8) is 0 Å². The molecule has 72 valence electrons. The van der Waals surface area contributed by atoms with Crippen molar-refractivity contribution >= 4 is 0 Å². The number of hydrogen-bond acceptors (Lipinski definition) is 0. The van der Waals surface area contributed by atoms with Gasteiger partial charge in [-0.1, -0.05) is 38.0 Å². The Bertz CT molecular complexity index is 284. The maximum Gasteiger partial charge on any atom is -0.0279 e. The van der Waals surface area contributed by atoms with Crippen LogP contribution in [-0.2, 0) is 12.8 Å². The van der Waals surface area contributed by atoms with Crippen molar-refractivity contribution in [2.75, 3.05) is 0 Å². The van der Waals surface area contributed by atoms with E-state index < -0.39 is 0 Å². The number of hydrogen-bond donors (Lipinski definition) is 0. The summed E-state index contributed by atoms with van der Waals surface area (Å²) in [6.07, 6.45) is 3.62.